The molecule has 224 valence electrons. The number of carbonyl (C=O) groups is 2. The minimum atomic E-state index is -4.73. The van der Waals surface area contributed by atoms with Crippen molar-refractivity contribution >= 4 is 29.2 Å². The number of carbonyl (C=O) groups excluding carboxylic acids is 2. The van der Waals surface area contributed by atoms with Crippen molar-refractivity contribution in [3.8, 4) is 5.75 Å². The number of piperidine rings is 1. The van der Waals surface area contributed by atoms with Gasteiger partial charge in [-0.15, -0.1) is 0 Å². The molecule has 0 aliphatic carbocycles. The number of rotatable bonds is 7. The van der Waals surface area contributed by atoms with Crippen LogP contribution in [0.25, 0.3) is 0 Å². The van der Waals surface area contributed by atoms with Crippen molar-refractivity contribution in [2.24, 2.45) is 0 Å². The van der Waals surface area contributed by atoms with Gasteiger partial charge in [0.2, 0.25) is 0 Å². The second-order valence-electron chi connectivity index (χ2n) is 10.8. The lowest BCUT2D eigenvalue weighted by Crippen LogP contribution is -2.55. The molecule has 2 fully saturated rings. The Morgan fingerprint density at radius 1 is 1.05 bits per heavy atom. The lowest BCUT2D eigenvalue weighted by molar-refractivity contribution is -0.149. The maximum Gasteiger partial charge on any atom is 0.420 e. The number of nitrogens with one attached hydrogen (secondary N) is 2. The van der Waals surface area contributed by atoms with E-state index in [0.29, 0.717) is 18.7 Å². The summed E-state index contributed by atoms with van der Waals surface area (Å²) in [5.74, 6) is -1.40. The van der Waals surface area contributed by atoms with Crippen LogP contribution in [0.3, 0.4) is 0 Å². The summed E-state index contributed by atoms with van der Waals surface area (Å²) < 4.78 is 84.3. The molecule has 2 bridgehead atoms. The maximum atomic E-state index is 13.5. The van der Waals surface area contributed by atoms with Gasteiger partial charge in [0.15, 0.2) is 5.60 Å². The van der Waals surface area contributed by atoms with Crippen LogP contribution in [0.15, 0.2) is 36.5 Å². The number of halogens is 7. The summed E-state index contributed by atoms with van der Waals surface area (Å²) in [6.45, 7) is 3.63. The van der Waals surface area contributed by atoms with Crippen LogP contribution in [-0.2, 0) is 11.0 Å². The molecule has 4 rings (SSSR count). The summed E-state index contributed by atoms with van der Waals surface area (Å²) in [5, 5.41) is 4.70. The molecule has 7 nitrogen and oxygen atoms in total. The van der Waals surface area contributed by atoms with Crippen molar-refractivity contribution in [3.63, 3.8) is 0 Å². The van der Waals surface area contributed by atoms with Gasteiger partial charge in [-0.2, -0.15) is 26.3 Å². The normalized spacial score (nSPS) is 21.8. The molecule has 2 unspecified atom stereocenters. The number of pyridine rings is 1. The van der Waals surface area contributed by atoms with Crippen molar-refractivity contribution in [2.45, 2.75) is 88.6 Å². The van der Waals surface area contributed by atoms with Crippen LogP contribution < -0.4 is 20.3 Å². The van der Waals surface area contributed by atoms with Crippen LogP contribution >= 0.6 is 11.6 Å². The number of ether oxygens (including phenoxy) is 1. The molecule has 2 amide bonds. The quantitative estimate of drug-likeness (QED) is 0.383. The molecule has 3 atom stereocenters. The molecule has 2 aliphatic rings. The molecular formula is C27H29ClF6N4O3. The highest BCUT2D eigenvalue weighted by Crippen LogP contribution is 2.40. The average molecular weight is 607 g/mol. The van der Waals surface area contributed by atoms with Crippen LogP contribution in [0.5, 0.6) is 5.75 Å². The first-order valence-electron chi connectivity index (χ1n) is 12.9. The van der Waals surface area contributed by atoms with Crippen LogP contribution in [0, 0.1) is 0 Å². The van der Waals surface area contributed by atoms with Gasteiger partial charge in [0.05, 0.1) is 11.1 Å². The number of hydrogen-bond donors (Lipinski definition) is 2. The summed E-state index contributed by atoms with van der Waals surface area (Å²) in [4.78, 5) is 31.7. The summed E-state index contributed by atoms with van der Waals surface area (Å²) >= 11 is 5.73. The third-order valence-corrected chi connectivity index (χ3v) is 7.58. The van der Waals surface area contributed by atoms with E-state index in [4.69, 9.17) is 16.3 Å². The third-order valence-electron chi connectivity index (χ3n) is 7.34. The molecule has 0 radical (unpaired) electrons. The summed E-state index contributed by atoms with van der Waals surface area (Å²) in [6.07, 6.45) is -5.36. The number of alkyl halides is 6. The van der Waals surface area contributed by atoms with E-state index < -0.39 is 47.1 Å². The number of anilines is 1. The number of benzene rings is 1. The topological polar surface area (TPSA) is 83.6 Å². The fourth-order valence-electron chi connectivity index (χ4n) is 5.20. The summed E-state index contributed by atoms with van der Waals surface area (Å²) in [5.41, 5.74) is -2.70. The Labute approximate surface area is 237 Å². The zero-order valence-corrected chi connectivity index (χ0v) is 23.1. The van der Waals surface area contributed by atoms with Crippen LogP contribution in [0.1, 0.15) is 62.4 Å². The second kappa shape index (κ2) is 11.2. The molecule has 1 aromatic heterocycles. The minimum absolute atomic E-state index is 0.00375. The Bertz CT molecular complexity index is 1270. The van der Waals surface area contributed by atoms with Gasteiger partial charge in [-0.25, -0.2) is 4.98 Å². The standard InChI is InChI=1S/C27H29ClF6N4O3/c1-14(26(29,30)31)36-23(39)15-4-9-22(35-13-15)38-18-6-7-19(38)12-17(11-18)37-24(40)25(2,3)41-21-8-5-16(28)10-20(21)27(32,33)34/h4-5,8-10,13-14,17-19H,6-7,11-12H2,1-3H3,(H,36,39)(H,37,40)/t14-,17?,18?,19?/m1/s1. The molecule has 2 saturated heterocycles. The van der Waals surface area contributed by atoms with Crippen LogP contribution in [0.2, 0.25) is 5.02 Å². The Morgan fingerprint density at radius 3 is 2.22 bits per heavy atom. The van der Waals surface area contributed by atoms with Crippen molar-refractivity contribution in [3.05, 3.63) is 52.7 Å². The van der Waals surface area contributed by atoms with Gasteiger partial charge < -0.3 is 20.3 Å². The van der Waals surface area contributed by atoms with Crippen LogP contribution in [-0.4, -0.2) is 52.7 Å². The Morgan fingerprint density at radius 2 is 1.68 bits per heavy atom. The Hall–Kier alpha value is -3.22. The van der Waals surface area contributed by atoms with Gasteiger partial charge in [-0.1, -0.05) is 11.6 Å². The minimum Gasteiger partial charge on any atom is -0.477 e. The molecule has 0 saturated carbocycles. The first kappa shape index (κ1) is 30.7. The van der Waals surface area contributed by atoms with Gasteiger partial charge >= 0.3 is 12.4 Å². The molecule has 14 heteroatoms. The molecule has 3 heterocycles. The number of fused-ring (bicyclic) bond motifs is 2. The number of nitrogens with zero attached hydrogens (tertiary/aromatic N) is 2. The van der Waals surface area contributed by atoms with E-state index >= 15 is 0 Å². The smallest absolute Gasteiger partial charge is 0.420 e. The van der Waals surface area contributed by atoms with Gasteiger partial charge in [0.1, 0.15) is 17.6 Å². The molecular weight excluding hydrogens is 578 g/mol. The van der Waals surface area contributed by atoms with Gasteiger partial charge in [-0.3, -0.25) is 9.59 Å². The van der Waals surface area contributed by atoms with Crippen molar-refractivity contribution in [2.75, 3.05) is 4.90 Å². The molecule has 41 heavy (non-hydrogen) atoms. The molecule has 2 N–H and O–H groups in total. The predicted octanol–water partition coefficient (Wildman–Crippen LogP) is 5.91. The molecule has 1 aromatic carbocycles. The lowest BCUT2D eigenvalue weighted by atomic mass is 9.96. The van der Waals surface area contributed by atoms with Crippen molar-refractivity contribution in [1.29, 1.82) is 0 Å². The molecule has 2 aromatic rings. The van der Waals surface area contributed by atoms with Gasteiger partial charge in [0.25, 0.3) is 11.8 Å². The Balaban J connectivity index is 1.39. The van der Waals surface area contributed by atoms with Gasteiger partial charge in [-0.05, 0) is 76.8 Å². The number of hydrogen-bond acceptors (Lipinski definition) is 5. The van der Waals surface area contributed by atoms with Crippen molar-refractivity contribution in [1.82, 2.24) is 15.6 Å². The van der Waals surface area contributed by atoms with E-state index in [1.807, 2.05) is 5.32 Å². The summed E-state index contributed by atoms with van der Waals surface area (Å²) in [7, 11) is 0. The number of aromatic nitrogens is 1. The first-order valence-corrected chi connectivity index (χ1v) is 13.3. The largest absolute Gasteiger partial charge is 0.477 e. The van der Waals surface area contributed by atoms with E-state index in [0.717, 1.165) is 31.9 Å². The van der Waals surface area contributed by atoms with E-state index in [1.54, 1.807) is 6.07 Å². The monoisotopic (exact) mass is 606 g/mol. The van der Waals surface area contributed by atoms with E-state index in [1.165, 1.54) is 32.2 Å². The first-order chi connectivity index (χ1) is 19.0. The molecule has 2 aliphatic heterocycles. The lowest BCUT2D eigenvalue weighted by Gasteiger charge is -2.41. The SMILES string of the molecule is C[C@@H](NC(=O)c1ccc(N2C3CCC2CC(NC(=O)C(C)(C)Oc2ccc(Cl)cc2C(F)(F)F)C3)nc1)C(F)(F)F. The highest BCUT2D eigenvalue weighted by molar-refractivity contribution is 6.30. The van der Waals surface area contributed by atoms with Crippen LogP contribution in [0.4, 0.5) is 32.2 Å². The maximum absolute atomic E-state index is 13.5. The Kier molecular flexibility index (Phi) is 8.41. The van der Waals surface area contributed by atoms with Crippen molar-refractivity contribution < 1.29 is 40.7 Å². The van der Waals surface area contributed by atoms with E-state index in [2.05, 4.69) is 15.2 Å². The summed E-state index contributed by atoms with van der Waals surface area (Å²) in [6, 6.07) is 3.80. The predicted molar refractivity (Wildman–Crippen MR) is 139 cm³/mol. The number of amides is 2. The fourth-order valence-corrected chi connectivity index (χ4v) is 5.37. The molecule has 0 spiro atoms. The van der Waals surface area contributed by atoms with E-state index in [-0.39, 0.29) is 28.7 Å². The fraction of sp³-hybridized carbons (Fsp3) is 0.519. The highest BCUT2D eigenvalue weighted by atomic mass is 35.5. The highest BCUT2D eigenvalue weighted by Gasteiger charge is 2.44. The second-order valence-corrected chi connectivity index (χ2v) is 11.3. The van der Waals surface area contributed by atoms with Gasteiger partial charge in [0, 0.05) is 29.3 Å². The zero-order valence-electron chi connectivity index (χ0n) is 22.4. The zero-order chi connectivity index (χ0) is 30.3. The van der Waals surface area contributed by atoms with E-state index in [9.17, 15) is 35.9 Å². The average Bonchev–Trinajstić information content (AvgIpc) is 3.13. The third kappa shape index (κ3) is 6.99.